The number of nitrogens with zero attached hydrogens (tertiary/aromatic N) is 2. The summed E-state index contributed by atoms with van der Waals surface area (Å²) in [5, 5.41) is 21.4. The average Bonchev–Trinajstić information content (AvgIpc) is 2.42. The predicted molar refractivity (Wildman–Crippen MR) is 94.4 cm³/mol. The van der Waals surface area contributed by atoms with Crippen molar-refractivity contribution < 1.29 is 9.85 Å². The molecule has 0 aliphatic carbocycles. The molecule has 0 heterocycles. The quantitative estimate of drug-likeness (QED) is 0.349. The Morgan fingerprint density at radius 1 is 0.810 bits per heavy atom. The lowest BCUT2D eigenvalue weighted by molar-refractivity contribution is -0.385. The molecule has 0 aliphatic rings. The number of hydrogen-bond donors (Lipinski definition) is 0. The van der Waals surface area contributed by atoms with Gasteiger partial charge in [0.15, 0.2) is 0 Å². The first-order valence-corrected chi connectivity index (χ1v) is 7.90. The Labute approximate surface area is 147 Å². The highest BCUT2D eigenvalue weighted by Crippen LogP contribution is 2.26. The fourth-order valence-electron chi connectivity index (χ4n) is 1.79. The number of benzene rings is 2. The molecule has 0 spiro atoms. The molecule has 0 atom stereocenters. The molecule has 0 bridgehead atoms. The summed E-state index contributed by atoms with van der Waals surface area (Å²) in [6.07, 6.45) is 0.576. The number of nitro benzene ring substituents is 2. The van der Waals surface area contributed by atoms with Crippen molar-refractivity contribution in [1.29, 1.82) is 0 Å². The molecule has 108 valence electrons. The SMILES string of the molecule is O=[N+]([O-])c1ccc(Cc2ccc([N+](=O)[O-])cc2I)c(I)c1. The first-order chi connectivity index (χ1) is 9.88. The summed E-state index contributed by atoms with van der Waals surface area (Å²) in [5.41, 5.74) is 2.02. The van der Waals surface area contributed by atoms with Crippen LogP contribution in [0.2, 0.25) is 0 Å². The molecule has 6 nitrogen and oxygen atoms in total. The van der Waals surface area contributed by atoms with Gasteiger partial charge in [0.05, 0.1) is 9.85 Å². The zero-order valence-electron chi connectivity index (χ0n) is 10.5. The molecular weight excluding hydrogens is 502 g/mol. The summed E-state index contributed by atoms with van der Waals surface area (Å²) in [6.45, 7) is 0. The van der Waals surface area contributed by atoms with Gasteiger partial charge in [-0.15, -0.1) is 0 Å². The van der Waals surface area contributed by atoms with Crippen LogP contribution in [0.4, 0.5) is 11.4 Å². The fraction of sp³-hybridized carbons (Fsp3) is 0.0769. The van der Waals surface area contributed by atoms with Crippen LogP contribution in [0, 0.1) is 27.4 Å². The Balaban J connectivity index is 2.30. The molecule has 0 aliphatic heterocycles. The van der Waals surface area contributed by atoms with Crippen LogP contribution in [0.15, 0.2) is 36.4 Å². The highest BCUT2D eigenvalue weighted by atomic mass is 127. The fourth-order valence-corrected chi connectivity index (χ4v) is 3.17. The first-order valence-electron chi connectivity index (χ1n) is 5.74. The minimum absolute atomic E-state index is 0.0570. The van der Waals surface area contributed by atoms with Gasteiger partial charge in [-0.3, -0.25) is 20.2 Å². The smallest absolute Gasteiger partial charge is 0.258 e. The van der Waals surface area contributed by atoms with Crippen LogP contribution < -0.4 is 0 Å². The third-order valence-corrected chi connectivity index (χ3v) is 4.88. The molecule has 0 unspecified atom stereocenters. The molecule has 0 N–H and O–H groups in total. The summed E-state index contributed by atoms with van der Waals surface area (Å²) in [5.74, 6) is 0. The largest absolute Gasteiger partial charge is 0.270 e. The van der Waals surface area contributed by atoms with Gasteiger partial charge in [-0.2, -0.15) is 0 Å². The third-order valence-electron chi connectivity index (χ3n) is 2.88. The van der Waals surface area contributed by atoms with Gasteiger partial charge in [0, 0.05) is 31.4 Å². The van der Waals surface area contributed by atoms with E-state index < -0.39 is 9.85 Å². The summed E-state index contributed by atoms with van der Waals surface area (Å²) in [6, 6.07) is 9.42. The molecule has 0 radical (unpaired) electrons. The second-order valence-corrected chi connectivity index (χ2v) is 6.57. The standard InChI is InChI=1S/C13H8I2N2O4/c14-12-6-10(16(18)19)3-1-8(12)5-9-2-4-11(17(20)21)7-13(9)15/h1-4,6-7H,5H2. The lowest BCUT2D eigenvalue weighted by Crippen LogP contribution is -1.97. The van der Waals surface area contributed by atoms with Crippen LogP contribution in [-0.2, 0) is 6.42 Å². The number of hydrogen-bond acceptors (Lipinski definition) is 4. The summed E-state index contributed by atoms with van der Waals surface area (Å²) >= 11 is 4.12. The Morgan fingerprint density at radius 3 is 1.48 bits per heavy atom. The second kappa shape index (κ2) is 6.64. The van der Waals surface area contributed by atoms with Crippen LogP contribution in [0.3, 0.4) is 0 Å². The molecule has 0 saturated carbocycles. The molecular formula is C13H8I2N2O4. The maximum Gasteiger partial charge on any atom is 0.270 e. The molecule has 0 aromatic heterocycles. The normalized spacial score (nSPS) is 10.4. The minimum Gasteiger partial charge on any atom is -0.258 e. The van der Waals surface area contributed by atoms with Crippen molar-refractivity contribution in [3.8, 4) is 0 Å². The maximum atomic E-state index is 10.7. The van der Waals surface area contributed by atoms with Gasteiger partial charge in [0.25, 0.3) is 11.4 Å². The Morgan fingerprint density at radius 2 is 1.19 bits per heavy atom. The molecule has 0 amide bonds. The van der Waals surface area contributed by atoms with Crippen LogP contribution in [-0.4, -0.2) is 9.85 Å². The molecule has 2 aromatic rings. The molecule has 0 saturated heterocycles. The van der Waals surface area contributed by atoms with Crippen molar-refractivity contribution in [2.45, 2.75) is 6.42 Å². The zero-order valence-corrected chi connectivity index (χ0v) is 14.8. The maximum absolute atomic E-state index is 10.7. The monoisotopic (exact) mass is 510 g/mol. The van der Waals surface area contributed by atoms with Gasteiger partial charge < -0.3 is 0 Å². The van der Waals surface area contributed by atoms with Crippen LogP contribution in [0.5, 0.6) is 0 Å². The Hall–Kier alpha value is -1.30. The highest BCUT2D eigenvalue weighted by molar-refractivity contribution is 14.1. The van der Waals surface area contributed by atoms with Crippen molar-refractivity contribution in [2.75, 3.05) is 0 Å². The second-order valence-electron chi connectivity index (χ2n) is 4.24. The van der Waals surface area contributed by atoms with Gasteiger partial charge in [-0.25, -0.2) is 0 Å². The topological polar surface area (TPSA) is 86.3 Å². The van der Waals surface area contributed by atoms with Crippen LogP contribution >= 0.6 is 45.2 Å². The van der Waals surface area contributed by atoms with E-state index in [1.54, 1.807) is 12.1 Å². The Kier molecular flexibility index (Phi) is 5.08. The van der Waals surface area contributed by atoms with E-state index in [1.165, 1.54) is 24.3 Å². The van der Waals surface area contributed by atoms with E-state index in [0.717, 1.165) is 18.3 Å². The van der Waals surface area contributed by atoms with Crippen molar-refractivity contribution in [2.24, 2.45) is 0 Å². The van der Waals surface area contributed by atoms with Crippen molar-refractivity contribution in [1.82, 2.24) is 0 Å². The summed E-state index contributed by atoms with van der Waals surface area (Å²) in [4.78, 5) is 20.6. The summed E-state index contributed by atoms with van der Waals surface area (Å²) < 4.78 is 1.60. The van der Waals surface area contributed by atoms with E-state index in [2.05, 4.69) is 45.2 Å². The molecule has 21 heavy (non-hydrogen) atoms. The molecule has 0 fully saturated rings. The van der Waals surface area contributed by atoms with Crippen molar-refractivity contribution in [3.63, 3.8) is 0 Å². The van der Waals surface area contributed by atoms with Gasteiger partial charge in [-0.1, -0.05) is 12.1 Å². The average molecular weight is 510 g/mol. The van der Waals surface area contributed by atoms with Crippen LogP contribution in [0.1, 0.15) is 11.1 Å². The Bertz CT molecular complexity index is 673. The van der Waals surface area contributed by atoms with E-state index in [0.29, 0.717) is 6.42 Å². The van der Waals surface area contributed by atoms with E-state index in [9.17, 15) is 20.2 Å². The number of non-ortho nitro benzene ring substituents is 2. The number of nitro groups is 2. The minimum atomic E-state index is -0.429. The molecule has 2 rings (SSSR count). The van der Waals surface area contributed by atoms with Crippen LogP contribution in [0.25, 0.3) is 0 Å². The van der Waals surface area contributed by atoms with E-state index in [1.807, 2.05) is 0 Å². The van der Waals surface area contributed by atoms with Crippen molar-refractivity contribution >= 4 is 56.6 Å². The highest BCUT2D eigenvalue weighted by Gasteiger charge is 2.13. The van der Waals surface area contributed by atoms with Gasteiger partial charge in [-0.05, 0) is 62.7 Å². The summed E-state index contributed by atoms with van der Waals surface area (Å²) in [7, 11) is 0. The third kappa shape index (κ3) is 3.87. The molecule has 8 heteroatoms. The predicted octanol–water partition coefficient (Wildman–Crippen LogP) is 4.30. The van der Waals surface area contributed by atoms with Crippen molar-refractivity contribution in [3.05, 3.63) is 74.9 Å². The van der Waals surface area contributed by atoms with Gasteiger partial charge >= 0.3 is 0 Å². The van der Waals surface area contributed by atoms with E-state index in [4.69, 9.17) is 0 Å². The van der Waals surface area contributed by atoms with Gasteiger partial charge in [0.2, 0.25) is 0 Å². The number of rotatable bonds is 4. The first kappa shape index (κ1) is 16.1. The lowest BCUT2D eigenvalue weighted by Gasteiger charge is -2.07. The molecule has 2 aromatic carbocycles. The van der Waals surface area contributed by atoms with Gasteiger partial charge in [0.1, 0.15) is 0 Å². The lowest BCUT2D eigenvalue weighted by atomic mass is 10.0. The van der Waals surface area contributed by atoms with E-state index >= 15 is 0 Å². The number of halogens is 2. The zero-order chi connectivity index (χ0) is 15.6. The van der Waals surface area contributed by atoms with E-state index in [-0.39, 0.29) is 11.4 Å².